The quantitative estimate of drug-likeness (QED) is 0.375. The smallest absolute Gasteiger partial charge is 0.269 e. The van der Waals surface area contributed by atoms with E-state index >= 15 is 0 Å². The Balaban J connectivity index is 2.17. The van der Waals surface area contributed by atoms with E-state index in [0.29, 0.717) is 16.7 Å². The maximum absolute atomic E-state index is 10.7. The lowest BCUT2D eigenvalue weighted by atomic mass is 10.2. The third kappa shape index (κ3) is 3.24. The van der Waals surface area contributed by atoms with Crippen molar-refractivity contribution in [1.82, 2.24) is 4.98 Å². The summed E-state index contributed by atoms with van der Waals surface area (Å²) in [5.41, 5.74) is 4.69. The number of aryl methyl sites for hydroxylation is 1. The second-order valence-corrected chi connectivity index (χ2v) is 4.71. The van der Waals surface area contributed by atoms with E-state index in [-0.39, 0.29) is 5.69 Å². The molecule has 2 rings (SSSR count). The number of rotatable bonds is 5. The van der Waals surface area contributed by atoms with Crippen LogP contribution in [-0.2, 0) is 5.75 Å². The number of nitrogen functional groups attached to an aromatic ring is 1. The van der Waals surface area contributed by atoms with Crippen molar-refractivity contribution in [2.75, 3.05) is 5.43 Å². The summed E-state index contributed by atoms with van der Waals surface area (Å²) in [7, 11) is 0. The first-order valence-corrected chi connectivity index (χ1v) is 6.37. The molecule has 100 valence electrons. The van der Waals surface area contributed by atoms with Gasteiger partial charge in [-0.15, -0.1) is 0 Å². The Morgan fingerprint density at radius 1 is 1.58 bits per heavy atom. The number of thioether (sulfide) groups is 1. The van der Waals surface area contributed by atoms with E-state index in [1.54, 1.807) is 12.3 Å². The molecule has 8 heteroatoms. The van der Waals surface area contributed by atoms with Gasteiger partial charge in [-0.3, -0.25) is 16.0 Å². The van der Waals surface area contributed by atoms with Crippen LogP contribution in [0.5, 0.6) is 0 Å². The molecule has 0 radical (unpaired) electrons. The zero-order valence-electron chi connectivity index (χ0n) is 10.1. The highest BCUT2D eigenvalue weighted by Crippen LogP contribution is 2.28. The van der Waals surface area contributed by atoms with Crippen LogP contribution in [0.2, 0.25) is 0 Å². The fourth-order valence-corrected chi connectivity index (χ4v) is 2.33. The van der Waals surface area contributed by atoms with Crippen LogP contribution in [0.3, 0.4) is 0 Å². The number of nitrogens with one attached hydrogen (secondary N) is 1. The Hall–Kier alpha value is -2.06. The van der Waals surface area contributed by atoms with Gasteiger partial charge in [0.05, 0.1) is 16.3 Å². The molecule has 19 heavy (non-hydrogen) atoms. The van der Waals surface area contributed by atoms with Crippen molar-refractivity contribution in [3.05, 3.63) is 45.8 Å². The lowest BCUT2D eigenvalue weighted by molar-refractivity contribution is -0.384. The lowest BCUT2D eigenvalue weighted by Crippen LogP contribution is -2.09. The third-order valence-electron chi connectivity index (χ3n) is 2.40. The molecule has 0 spiro atoms. The number of anilines is 1. The van der Waals surface area contributed by atoms with Gasteiger partial charge in [-0.25, -0.2) is 4.98 Å². The standard InChI is InChI=1S/C11H12N4O3S/c1-7-5-18-11(13-7)19-6-8-4-9(15(16)17)2-3-10(8)14-12/h2-5,14H,6,12H2,1H3. The van der Waals surface area contributed by atoms with Gasteiger partial charge in [-0.05, 0) is 18.6 Å². The van der Waals surface area contributed by atoms with E-state index in [1.165, 1.54) is 23.9 Å². The van der Waals surface area contributed by atoms with E-state index in [0.717, 1.165) is 11.3 Å². The van der Waals surface area contributed by atoms with Gasteiger partial charge in [0.15, 0.2) is 0 Å². The zero-order valence-corrected chi connectivity index (χ0v) is 10.9. The predicted octanol–water partition coefficient (Wildman–Crippen LogP) is 2.47. The van der Waals surface area contributed by atoms with E-state index < -0.39 is 4.92 Å². The largest absolute Gasteiger partial charge is 0.440 e. The molecular formula is C11H12N4O3S. The van der Waals surface area contributed by atoms with E-state index in [1.807, 2.05) is 6.92 Å². The van der Waals surface area contributed by atoms with Gasteiger partial charge < -0.3 is 9.84 Å². The number of hydrogen-bond donors (Lipinski definition) is 2. The summed E-state index contributed by atoms with van der Waals surface area (Å²) in [6, 6.07) is 4.46. The van der Waals surface area contributed by atoms with Crippen LogP contribution < -0.4 is 11.3 Å². The SMILES string of the molecule is Cc1coc(SCc2cc([N+](=O)[O-])ccc2NN)n1. The number of aromatic nitrogens is 1. The number of nitrogens with zero attached hydrogens (tertiary/aromatic N) is 2. The first kappa shape index (κ1) is 13.4. The number of benzene rings is 1. The minimum atomic E-state index is -0.441. The Bertz CT molecular complexity index is 599. The summed E-state index contributed by atoms with van der Waals surface area (Å²) in [5, 5.41) is 11.3. The molecule has 1 aromatic carbocycles. The molecule has 0 atom stereocenters. The van der Waals surface area contributed by atoms with Crippen LogP contribution in [0.4, 0.5) is 11.4 Å². The molecule has 0 saturated carbocycles. The van der Waals surface area contributed by atoms with Crippen molar-refractivity contribution in [1.29, 1.82) is 0 Å². The molecule has 7 nitrogen and oxygen atoms in total. The highest BCUT2D eigenvalue weighted by Gasteiger charge is 2.11. The van der Waals surface area contributed by atoms with Crippen LogP contribution in [0.25, 0.3) is 0 Å². The van der Waals surface area contributed by atoms with Crippen LogP contribution in [0.1, 0.15) is 11.3 Å². The van der Waals surface area contributed by atoms with E-state index in [4.69, 9.17) is 10.3 Å². The number of hydrogen-bond acceptors (Lipinski definition) is 7. The Labute approximate surface area is 113 Å². The Morgan fingerprint density at radius 3 is 2.95 bits per heavy atom. The topological polar surface area (TPSA) is 107 Å². The molecule has 0 fully saturated rings. The molecule has 1 aromatic heterocycles. The summed E-state index contributed by atoms with van der Waals surface area (Å²) in [6.45, 7) is 1.83. The molecule has 0 aliphatic rings. The van der Waals surface area contributed by atoms with E-state index in [2.05, 4.69) is 10.4 Å². The molecule has 1 heterocycles. The molecule has 0 unspecified atom stereocenters. The molecule has 3 N–H and O–H groups in total. The second kappa shape index (κ2) is 5.72. The maximum atomic E-state index is 10.7. The summed E-state index contributed by atoms with van der Waals surface area (Å²) < 4.78 is 5.20. The van der Waals surface area contributed by atoms with Crippen LogP contribution in [0.15, 0.2) is 34.1 Å². The minimum absolute atomic E-state index is 0.0261. The van der Waals surface area contributed by atoms with Gasteiger partial charge in [-0.1, -0.05) is 11.8 Å². The van der Waals surface area contributed by atoms with Crippen LogP contribution in [-0.4, -0.2) is 9.91 Å². The summed E-state index contributed by atoms with van der Waals surface area (Å²) in [5.74, 6) is 5.86. The first-order chi connectivity index (χ1) is 9.10. The van der Waals surface area contributed by atoms with Crippen molar-refractivity contribution >= 4 is 23.1 Å². The maximum Gasteiger partial charge on any atom is 0.269 e. The first-order valence-electron chi connectivity index (χ1n) is 5.39. The minimum Gasteiger partial charge on any atom is -0.440 e. The Morgan fingerprint density at radius 2 is 2.37 bits per heavy atom. The summed E-state index contributed by atoms with van der Waals surface area (Å²) in [4.78, 5) is 14.5. The van der Waals surface area contributed by atoms with Crippen molar-refractivity contribution in [3.8, 4) is 0 Å². The molecule has 0 bridgehead atoms. The average molecular weight is 280 g/mol. The Kier molecular flexibility index (Phi) is 4.03. The van der Waals surface area contributed by atoms with Gasteiger partial charge in [-0.2, -0.15) is 0 Å². The van der Waals surface area contributed by atoms with Crippen molar-refractivity contribution in [2.45, 2.75) is 17.9 Å². The van der Waals surface area contributed by atoms with Gasteiger partial charge in [0, 0.05) is 17.9 Å². The van der Waals surface area contributed by atoms with Crippen molar-refractivity contribution < 1.29 is 9.34 Å². The number of nitro groups is 1. The van der Waals surface area contributed by atoms with Crippen molar-refractivity contribution in [3.63, 3.8) is 0 Å². The predicted molar refractivity (Wildman–Crippen MR) is 71.7 cm³/mol. The number of non-ortho nitro benzene ring substituents is 1. The normalized spacial score (nSPS) is 10.4. The number of nitrogens with two attached hydrogens (primary N) is 1. The van der Waals surface area contributed by atoms with E-state index in [9.17, 15) is 10.1 Å². The lowest BCUT2D eigenvalue weighted by Gasteiger charge is -2.07. The summed E-state index contributed by atoms with van der Waals surface area (Å²) >= 11 is 1.35. The van der Waals surface area contributed by atoms with Gasteiger partial charge >= 0.3 is 0 Å². The third-order valence-corrected chi connectivity index (χ3v) is 3.29. The zero-order chi connectivity index (χ0) is 13.8. The van der Waals surface area contributed by atoms with Gasteiger partial charge in [0.1, 0.15) is 6.26 Å². The number of hydrazine groups is 1. The fourth-order valence-electron chi connectivity index (χ4n) is 1.49. The molecular weight excluding hydrogens is 268 g/mol. The monoisotopic (exact) mass is 280 g/mol. The molecule has 0 amide bonds. The average Bonchev–Trinajstić information content (AvgIpc) is 2.81. The second-order valence-electron chi connectivity index (χ2n) is 3.79. The van der Waals surface area contributed by atoms with Gasteiger partial charge in [0.25, 0.3) is 10.9 Å². The molecule has 2 aromatic rings. The van der Waals surface area contributed by atoms with Gasteiger partial charge in [0.2, 0.25) is 0 Å². The summed E-state index contributed by atoms with van der Waals surface area (Å²) in [6.07, 6.45) is 1.55. The number of nitro benzene ring substituents is 1. The molecule has 0 aliphatic heterocycles. The highest BCUT2D eigenvalue weighted by atomic mass is 32.2. The van der Waals surface area contributed by atoms with Crippen LogP contribution >= 0.6 is 11.8 Å². The van der Waals surface area contributed by atoms with Crippen LogP contribution in [0, 0.1) is 17.0 Å². The van der Waals surface area contributed by atoms with Crippen molar-refractivity contribution in [2.24, 2.45) is 5.84 Å². The molecule has 0 aliphatic carbocycles. The molecule has 0 saturated heterocycles. The highest BCUT2D eigenvalue weighted by molar-refractivity contribution is 7.98. The fraction of sp³-hybridized carbons (Fsp3) is 0.182. The number of oxazole rings is 1.